The third-order valence-corrected chi connectivity index (χ3v) is 12.0. The molecule has 2 aromatic rings. The van der Waals surface area contributed by atoms with Gasteiger partial charge >= 0.3 is 0 Å². The van der Waals surface area contributed by atoms with Gasteiger partial charge < -0.3 is 0 Å². The molecule has 0 atom stereocenters. The Morgan fingerprint density at radius 3 is 0.581 bits per heavy atom. The van der Waals surface area contributed by atoms with Crippen LogP contribution in [-0.4, -0.2) is 0 Å². The number of fused-ring (bicyclic) bond motifs is 6. The van der Waals surface area contributed by atoms with E-state index in [0.717, 1.165) is 89.0 Å². The lowest BCUT2D eigenvalue weighted by Crippen LogP contribution is -2.40. The van der Waals surface area contributed by atoms with E-state index in [1.54, 1.807) is 0 Å². The molecule has 0 unspecified atom stereocenters. The number of benzene rings is 2. The smallest absolute Gasteiger partial charge is 0.0680 e. The first-order chi connectivity index (χ1) is 30.6. The van der Waals surface area contributed by atoms with Crippen molar-refractivity contribution in [1.82, 2.24) is 0 Å². The van der Waals surface area contributed by atoms with Crippen LogP contribution in [0.4, 0.5) is 0 Å². The van der Waals surface area contributed by atoms with Crippen molar-refractivity contribution < 1.29 is 0 Å². The second kappa shape index (κ2) is 15.3. The van der Waals surface area contributed by atoms with Crippen molar-refractivity contribution >= 4 is 0 Å². The van der Waals surface area contributed by atoms with E-state index in [9.17, 15) is 0 Å². The van der Waals surface area contributed by atoms with Crippen molar-refractivity contribution in [3.05, 3.63) is 263 Å². The van der Waals surface area contributed by atoms with Crippen LogP contribution in [-0.2, 0) is 10.8 Å². The first kappa shape index (κ1) is 36.6. The second-order valence-electron chi connectivity index (χ2n) is 15.9. The molecule has 0 saturated heterocycles. The largest absolute Gasteiger partial charge is 0.143 e. The van der Waals surface area contributed by atoms with Crippen LogP contribution in [0.1, 0.15) is 44.5 Å². The molecule has 0 spiro atoms. The molecule has 62 heavy (non-hydrogen) atoms. The number of hydrogen-bond acceptors (Lipinski definition) is 0. The summed E-state index contributed by atoms with van der Waals surface area (Å²) in [6, 6.07) is 76.4. The van der Waals surface area contributed by atoms with E-state index in [0.29, 0.717) is 0 Å². The summed E-state index contributed by atoms with van der Waals surface area (Å²) in [4.78, 5) is 0. The van der Waals surface area contributed by atoms with Crippen molar-refractivity contribution in [3.63, 3.8) is 0 Å². The third kappa shape index (κ3) is 6.55. The Kier molecular flexibility index (Phi) is 8.99. The average molecular weight is 781 g/mol. The van der Waals surface area contributed by atoms with Crippen molar-refractivity contribution in [2.75, 3.05) is 0 Å². The molecule has 9 aliphatic carbocycles. The molecule has 9 aliphatic rings. The molecule has 0 nitrogen and oxygen atoms in total. The molecule has 0 radical (unpaired) electrons. The van der Waals surface area contributed by atoms with Gasteiger partial charge in [0.05, 0.1) is 0 Å². The Balaban J connectivity index is 1.19. The van der Waals surface area contributed by atoms with Crippen LogP contribution >= 0.6 is 0 Å². The summed E-state index contributed by atoms with van der Waals surface area (Å²) in [5, 5.41) is 0. The summed E-state index contributed by atoms with van der Waals surface area (Å²) in [6.07, 6.45) is 0. The van der Waals surface area contributed by atoms with Crippen LogP contribution in [0.3, 0.4) is 0 Å². The van der Waals surface area contributed by atoms with E-state index >= 15 is 0 Å². The number of hydrogen-bond donors (Lipinski definition) is 0. The van der Waals surface area contributed by atoms with Gasteiger partial charge in [0.25, 0.3) is 0 Å². The highest BCUT2D eigenvalue weighted by Gasteiger charge is 2.48. The van der Waals surface area contributed by atoms with E-state index in [1.165, 1.54) is 0 Å². The van der Waals surface area contributed by atoms with Crippen molar-refractivity contribution in [2.24, 2.45) is 0 Å². The van der Waals surface area contributed by atoms with Gasteiger partial charge in [0, 0.05) is 22.3 Å². The van der Waals surface area contributed by atoms with E-state index in [2.05, 4.69) is 266 Å². The van der Waals surface area contributed by atoms with Gasteiger partial charge in [0.2, 0.25) is 0 Å². The Hall–Kier alpha value is -8.52. The molecule has 0 fully saturated rings. The number of rotatable bonds is 0. The minimum absolute atomic E-state index is 0.943. The highest BCUT2D eigenvalue weighted by Crippen LogP contribution is 2.50. The Morgan fingerprint density at radius 1 is 0.210 bits per heavy atom. The lowest BCUT2D eigenvalue weighted by Gasteiger charge is -2.40. The maximum absolute atomic E-state index is 3.85. The van der Waals surface area contributed by atoms with Gasteiger partial charge in [-0.05, 0) is 115 Å². The molecule has 11 rings (SSSR count). The van der Waals surface area contributed by atoms with Crippen LogP contribution < -0.4 is 0 Å². The van der Waals surface area contributed by atoms with Crippen LogP contribution in [0.25, 0.3) is 44.5 Å². The van der Waals surface area contributed by atoms with E-state index < -0.39 is 10.8 Å². The molecule has 0 heterocycles. The lowest BCUT2D eigenvalue weighted by atomic mass is 9.58. The maximum atomic E-state index is 3.85. The van der Waals surface area contributed by atoms with Crippen LogP contribution in [0.5, 0.6) is 0 Å². The molecular formula is C62H36. The standard InChI is InChI=1S/C62H36/c1-5-17-49-37-45(38-50(49)18-6-1)29-33-61(34-30-46-39-51-19-7-2-8-20-52(51)40-46)57-25-13-15-27-59(57)62(60-28-16-14-26-58(60)61,35-31-47-41-53-21-9-3-10-22-54(53)42-47)36-32-48-43-55-23-11-4-12-24-56(55)44-48/h1-28,37-44H. The molecular weight excluding hydrogens is 745 g/mol. The second-order valence-corrected chi connectivity index (χ2v) is 15.9. The van der Waals surface area contributed by atoms with E-state index in [4.69, 9.17) is 0 Å². The van der Waals surface area contributed by atoms with Crippen molar-refractivity contribution in [2.45, 2.75) is 10.8 Å². The zero-order valence-electron chi connectivity index (χ0n) is 33.8. The first-order valence-corrected chi connectivity index (χ1v) is 20.9. The summed E-state index contributed by atoms with van der Waals surface area (Å²) in [5.74, 6) is 30.0. The first-order valence-electron chi connectivity index (χ1n) is 20.9. The Labute approximate surface area is 364 Å². The van der Waals surface area contributed by atoms with Crippen molar-refractivity contribution in [1.29, 1.82) is 0 Å². The summed E-state index contributed by atoms with van der Waals surface area (Å²) < 4.78 is 0. The Bertz CT molecular complexity index is 2870. The highest BCUT2D eigenvalue weighted by molar-refractivity contribution is 5.79. The topological polar surface area (TPSA) is 0 Å². The molecule has 0 bridgehead atoms. The highest BCUT2D eigenvalue weighted by atomic mass is 14.5. The SMILES string of the molecule is C(#CC1(C#Cc2cc3cccccc-3c2)c2ccccc2C(C#Cc2cc3cccccc-3c2)(C#Cc2cc3cccccc-3c2)c2ccccc21)c1cc2cccccc-2c1. The van der Waals surface area contributed by atoms with Gasteiger partial charge in [0.1, 0.15) is 10.8 Å². The predicted octanol–water partition coefficient (Wildman–Crippen LogP) is 13.2. The summed E-state index contributed by atoms with van der Waals surface area (Å²) in [5.41, 5.74) is 14.8. The monoisotopic (exact) mass is 780 g/mol. The fourth-order valence-corrected chi connectivity index (χ4v) is 8.98. The van der Waals surface area contributed by atoms with Gasteiger partial charge in [-0.1, -0.05) is 217 Å². The molecule has 0 aliphatic heterocycles. The fraction of sp³-hybridized carbons (Fsp3) is 0.0323. The predicted molar refractivity (Wildman–Crippen MR) is 254 cm³/mol. The molecule has 284 valence electrons. The van der Waals surface area contributed by atoms with Gasteiger partial charge in [-0.3, -0.25) is 0 Å². The van der Waals surface area contributed by atoms with E-state index in [1.807, 2.05) is 0 Å². The normalized spacial score (nSPS) is 12.9. The zero-order valence-corrected chi connectivity index (χ0v) is 33.8. The summed E-state index contributed by atoms with van der Waals surface area (Å²) in [7, 11) is 0. The van der Waals surface area contributed by atoms with E-state index in [-0.39, 0.29) is 0 Å². The van der Waals surface area contributed by atoms with Gasteiger partial charge in [-0.2, -0.15) is 0 Å². The van der Waals surface area contributed by atoms with Gasteiger partial charge in [0.15, 0.2) is 0 Å². The summed E-state index contributed by atoms with van der Waals surface area (Å²) >= 11 is 0. The average Bonchev–Trinajstić information content (AvgIpc) is 3.92. The molecule has 2 aromatic carbocycles. The lowest BCUT2D eigenvalue weighted by molar-refractivity contribution is 0.725. The molecule has 0 N–H and O–H groups in total. The zero-order chi connectivity index (χ0) is 41.4. The minimum Gasteiger partial charge on any atom is -0.0680 e. The van der Waals surface area contributed by atoms with Gasteiger partial charge in [-0.25, -0.2) is 0 Å². The molecule has 0 heteroatoms. The molecule has 0 saturated carbocycles. The van der Waals surface area contributed by atoms with Crippen LogP contribution in [0, 0.1) is 47.4 Å². The molecule has 0 amide bonds. The van der Waals surface area contributed by atoms with Crippen molar-refractivity contribution in [3.8, 4) is 91.9 Å². The molecule has 0 aromatic heterocycles. The Morgan fingerprint density at radius 2 is 0.387 bits per heavy atom. The van der Waals surface area contributed by atoms with Crippen LogP contribution in [0.15, 0.2) is 218 Å². The quantitative estimate of drug-likeness (QED) is 0.134. The minimum atomic E-state index is -1.03. The van der Waals surface area contributed by atoms with Crippen LogP contribution in [0.2, 0.25) is 0 Å². The van der Waals surface area contributed by atoms with Gasteiger partial charge in [-0.15, -0.1) is 0 Å². The fourth-order valence-electron chi connectivity index (χ4n) is 8.98. The summed E-state index contributed by atoms with van der Waals surface area (Å²) in [6.45, 7) is 0. The maximum Gasteiger partial charge on any atom is 0.143 e. The third-order valence-electron chi connectivity index (χ3n) is 12.0.